The molecule has 0 bridgehead atoms. The second-order valence-corrected chi connectivity index (χ2v) is 24.9. The van der Waals surface area contributed by atoms with E-state index in [0.29, 0.717) is 51.4 Å². The number of nitrogens with one attached hydrogen (secondary N) is 8. The Bertz CT molecular complexity index is 2050. The van der Waals surface area contributed by atoms with Crippen molar-refractivity contribution in [1.29, 1.82) is 0 Å². The molecule has 3 saturated heterocycles. The molecule has 3 aliphatic rings. The monoisotopic (exact) mass is 2010 g/mol. The summed E-state index contributed by atoms with van der Waals surface area (Å²) in [6.45, 7) is 9.58. The van der Waals surface area contributed by atoms with Gasteiger partial charge in [0, 0.05) is 114 Å². The molecule has 0 spiro atoms. The van der Waals surface area contributed by atoms with Gasteiger partial charge in [-0.25, -0.2) is 0 Å². The van der Waals surface area contributed by atoms with E-state index in [4.69, 9.17) is 33.2 Å². The maximum atomic E-state index is 13.9. The van der Waals surface area contributed by atoms with Crippen LogP contribution in [0.2, 0.25) is 0 Å². The third kappa shape index (κ3) is 103. The molecule has 15 atom stereocenters. The number of carbonyl (C=O) groups excluding carboxylic acids is 8. The zero-order chi connectivity index (χ0) is 69.6. The molecule has 17 N–H and O–H groups in total. The maximum absolute atomic E-state index is 13.9. The summed E-state index contributed by atoms with van der Waals surface area (Å²) in [4.78, 5) is 105. The molecule has 32 heteroatoms. The van der Waals surface area contributed by atoms with Crippen LogP contribution in [0.25, 0.3) is 0 Å². The van der Waals surface area contributed by atoms with Gasteiger partial charge in [0.05, 0.1) is 77.2 Å². The van der Waals surface area contributed by atoms with E-state index in [2.05, 4.69) is 56.4 Å². The van der Waals surface area contributed by atoms with Crippen LogP contribution in [0.1, 0.15) is 448 Å². The molecule has 0 aliphatic carbocycles. The Balaban J connectivity index is -0.0000000608. The van der Waals surface area contributed by atoms with Gasteiger partial charge in [0.2, 0.25) is 47.3 Å². The van der Waals surface area contributed by atoms with E-state index in [0.717, 1.165) is 6.42 Å². The summed E-state index contributed by atoms with van der Waals surface area (Å²) in [6.07, 6.45) is -11.8. The lowest BCUT2D eigenvalue weighted by Crippen LogP contribution is -2.55. The van der Waals surface area contributed by atoms with E-state index >= 15 is 0 Å². The predicted molar refractivity (Wildman–Crippen MR) is 611 cm³/mol. The highest BCUT2D eigenvalue weighted by Crippen LogP contribution is 2.30. The number of aliphatic hydroxyl groups excluding tert-OH is 9. The Hall–Kier alpha value is -4.88. The Labute approximate surface area is 853 Å². The summed E-state index contributed by atoms with van der Waals surface area (Å²) >= 11 is 0. The summed E-state index contributed by atoms with van der Waals surface area (Å²) < 4.78 is 39.1. The highest BCUT2D eigenvalue weighted by atomic mass is 16.7. The molecule has 0 radical (unpaired) electrons. The highest BCUT2D eigenvalue weighted by Gasteiger charge is 2.45. The number of ether oxygens (including phenoxy) is 7. The van der Waals surface area contributed by atoms with Crippen LogP contribution in [-0.4, -0.2) is 271 Å². The van der Waals surface area contributed by atoms with Crippen molar-refractivity contribution in [3.63, 3.8) is 0 Å². The lowest BCUT2D eigenvalue weighted by atomic mass is 9.82. The molecular weight excluding hydrogens is 1730 g/mol. The topological polar surface area (TPSA) is 479 Å². The van der Waals surface area contributed by atoms with Crippen LogP contribution >= 0.6 is 0 Å². The van der Waals surface area contributed by atoms with Gasteiger partial charge in [-0.1, -0.05) is 339 Å². The smallest absolute Gasteiger partial charge is 0.222 e. The zero-order valence-electron chi connectivity index (χ0n) is 55.5. The number of rotatable bonds is 48. The van der Waals surface area contributed by atoms with Crippen LogP contribution in [-0.2, 0) is 71.5 Å². The number of aliphatic hydroxyl groups is 9. The summed E-state index contributed by atoms with van der Waals surface area (Å²) in [7, 11) is 0. The van der Waals surface area contributed by atoms with Crippen LogP contribution in [0.15, 0.2) is 0 Å². The molecule has 3 rings (SSSR count). The van der Waals surface area contributed by atoms with E-state index < -0.39 is 141 Å². The molecule has 32 nitrogen and oxygen atoms in total. The van der Waals surface area contributed by atoms with E-state index in [1.165, 1.54) is 0 Å². The van der Waals surface area contributed by atoms with Crippen LogP contribution in [0.4, 0.5) is 0 Å². The minimum absolute atomic E-state index is 0. The normalized spacial score (nSPS) is 18.6. The van der Waals surface area contributed by atoms with Crippen molar-refractivity contribution in [2.24, 2.45) is 23.7 Å². The first kappa shape index (κ1) is 261. The molecule has 872 valence electrons. The average molecular weight is 2010 g/mol. The van der Waals surface area contributed by atoms with Crippen molar-refractivity contribution in [2.45, 2.75) is 528 Å². The van der Waals surface area contributed by atoms with Crippen molar-refractivity contribution in [3.8, 4) is 0 Å². The van der Waals surface area contributed by atoms with Gasteiger partial charge in [0.1, 0.15) is 36.6 Å². The fourth-order valence-corrected chi connectivity index (χ4v) is 10.5. The van der Waals surface area contributed by atoms with Crippen LogP contribution in [0.3, 0.4) is 0 Å². The van der Waals surface area contributed by atoms with Crippen molar-refractivity contribution in [2.75, 3.05) is 98.7 Å². The quantitative estimate of drug-likeness (QED) is 0.0252. The zero-order valence-corrected chi connectivity index (χ0v) is 55.5. The molecule has 0 aromatic heterocycles. The Morgan fingerprint density at radius 2 is 0.467 bits per heavy atom. The van der Waals surface area contributed by atoms with Gasteiger partial charge in [-0.2, -0.15) is 0 Å². The van der Waals surface area contributed by atoms with Gasteiger partial charge < -0.3 is 122 Å². The lowest BCUT2D eigenvalue weighted by molar-refractivity contribution is -0.282. The molecule has 3 heterocycles. The van der Waals surface area contributed by atoms with Gasteiger partial charge in [0.25, 0.3) is 0 Å². The highest BCUT2D eigenvalue weighted by molar-refractivity contribution is 5.81. The first-order valence-electron chi connectivity index (χ1n) is 33.3. The second-order valence-electron chi connectivity index (χ2n) is 24.9. The molecule has 3 aliphatic heterocycles. The van der Waals surface area contributed by atoms with E-state index in [1.807, 2.05) is 0 Å². The molecule has 0 saturated carbocycles. The Morgan fingerprint density at radius 1 is 0.267 bits per heavy atom. The molecule has 3 fully saturated rings. The van der Waals surface area contributed by atoms with E-state index in [-0.39, 0.29) is 464 Å². The largest absolute Gasteiger partial charge is 0.394 e. The van der Waals surface area contributed by atoms with Crippen LogP contribution in [0, 0.1) is 23.7 Å². The van der Waals surface area contributed by atoms with Gasteiger partial charge in [-0.05, 0) is 63.7 Å². The van der Waals surface area contributed by atoms with Crippen LogP contribution in [0.5, 0.6) is 0 Å². The molecule has 6 unspecified atom stereocenters. The molecule has 0 aromatic carbocycles. The van der Waals surface area contributed by atoms with Crippen molar-refractivity contribution >= 4 is 47.3 Å². The summed E-state index contributed by atoms with van der Waals surface area (Å²) in [5.41, 5.74) is -1.32. The standard InChI is InChI=1S/C62H112N8O24.41CH4/c1-38(2)16-31-88-30-10-29-69-45(74)11-6-12-52(81)70-62(20-13-46(75)63-23-7-26-66-49(78)17-32-89-59-39(3)53(82)56(85)42(35-71)92-59,21-14-47(76)64-24-8-27-67-50(79)18-33-90-60-40(4)54(83)57(86)43(36-72)93-60)22-15-48(77)65-25-9-28-68-51(80)19-34-91-61-41(5)55(84)58(87)44(37-73)94-61;;;;;;;;;;;;;;;;;;;;;;;;;;;;;;;;;;;;;;;;;/h38-44,53-61,71-73,82-87H,6-37H2,1-5H3,(H,63,75)(H,64,76)(H,65,77)(H,66,78)(H,67,79)(H,68,80)(H,69,74)(H,70,81);41*1H4/t39?,40?,41?,42?,43?,44?,53-,54-,55-,56+,57+,58+,59-,60-,61-,62?;;;;;;;;;;;;;;;;;;;;;;;;;;;;;;;;;;;;;;;;;/m1........................................./s1. The lowest BCUT2D eigenvalue weighted by Gasteiger charge is -2.40. The second kappa shape index (κ2) is 147. The van der Waals surface area contributed by atoms with Gasteiger partial charge in [0.15, 0.2) is 18.9 Å². The minimum atomic E-state index is -1.32. The summed E-state index contributed by atoms with van der Waals surface area (Å²) in [5, 5.41) is 112. The molecular formula is C103H276N8O24. The SMILES string of the molecule is C.C.C.C.C.C.C.C.C.C.C.C.C.C.C.C.C.C.C.C.C.C.C.C.C.C.C.C.C.C.C.C.C.C.C.C.C.C.C.C.C.CC(C)CCOCCCNC(=O)CCCC(=O)NC(CCC(=O)NCCCNC(=O)CCO[C@@H]1OC(CO)[C@H](O)[C@H](O)C1C)(CCC(=O)NCCCNC(=O)CCO[C@@H]1OC(CO)[C@H](O)[C@H](O)C1C)CCC(=O)NCCCNC(=O)CCO[C@@H]1OC(CO)[C@H](O)[C@H](O)C1C. The van der Waals surface area contributed by atoms with E-state index in [9.17, 15) is 84.3 Å². The van der Waals surface area contributed by atoms with Crippen molar-refractivity contribution < 1.29 is 117 Å². The first-order valence-corrected chi connectivity index (χ1v) is 33.3. The fourth-order valence-electron chi connectivity index (χ4n) is 10.5. The maximum Gasteiger partial charge on any atom is 0.222 e. The molecule has 135 heavy (non-hydrogen) atoms. The Morgan fingerprint density at radius 3 is 0.681 bits per heavy atom. The molecule has 8 amide bonds. The van der Waals surface area contributed by atoms with Crippen molar-refractivity contribution in [3.05, 3.63) is 0 Å². The number of hydrogen-bond donors (Lipinski definition) is 17. The van der Waals surface area contributed by atoms with E-state index in [1.54, 1.807) is 20.8 Å². The molecule has 0 aromatic rings. The minimum Gasteiger partial charge on any atom is -0.394 e. The average Bonchev–Trinajstić information content (AvgIpc) is 0.829. The number of carbonyl (C=O) groups is 8. The predicted octanol–water partition coefficient (Wildman–Crippen LogP) is 22.3. The Kier molecular flexibility index (Phi) is 284. The third-order valence-electron chi connectivity index (χ3n) is 16.7. The first-order chi connectivity index (χ1) is 44.8. The van der Waals surface area contributed by atoms with Crippen LogP contribution < -0.4 is 42.5 Å². The fraction of sp³-hybridized carbons (Fsp3) is 0.922. The number of hydrogen-bond acceptors (Lipinski definition) is 24. The summed E-state index contributed by atoms with van der Waals surface area (Å²) in [6, 6.07) is 0. The van der Waals surface area contributed by atoms with Crippen molar-refractivity contribution in [1.82, 2.24) is 42.5 Å². The third-order valence-corrected chi connectivity index (χ3v) is 16.7. The van der Waals surface area contributed by atoms with Gasteiger partial charge in [-0.15, -0.1) is 0 Å². The van der Waals surface area contributed by atoms with Gasteiger partial charge >= 0.3 is 0 Å². The summed E-state index contributed by atoms with van der Waals surface area (Å²) in [5.74, 6) is -4.54. The number of amides is 8. The van der Waals surface area contributed by atoms with Gasteiger partial charge in [-0.3, -0.25) is 38.4 Å².